The Bertz CT molecular complexity index is 285. The van der Waals surface area contributed by atoms with Crippen molar-refractivity contribution in [2.24, 2.45) is 5.73 Å². The number of aliphatic hydroxyl groups is 3. The third-order valence-corrected chi connectivity index (χ3v) is 2.56. The Hall–Kier alpha value is -1.20. The topological polar surface area (TPSA) is 86.7 Å². The van der Waals surface area contributed by atoms with Gasteiger partial charge in [-0.25, -0.2) is 0 Å². The summed E-state index contributed by atoms with van der Waals surface area (Å²) in [6, 6.07) is 0. The number of rotatable bonds is 7. The summed E-state index contributed by atoms with van der Waals surface area (Å²) in [5.41, 5.74) is 4.28. The third kappa shape index (κ3) is 2.48. The summed E-state index contributed by atoms with van der Waals surface area (Å²) in [7, 11) is 0. The quantitative estimate of drug-likeness (QED) is 0.455. The SMILES string of the molecule is C=CC(O)C(=C)C(N)(C(O)C=C)C(O)C=C. The largest absolute Gasteiger partial charge is 0.387 e. The monoisotopic (exact) mass is 225 g/mol. The molecule has 0 aromatic rings. The van der Waals surface area contributed by atoms with Crippen LogP contribution < -0.4 is 5.73 Å². The molecule has 0 saturated heterocycles. The lowest BCUT2D eigenvalue weighted by Gasteiger charge is -2.38. The van der Waals surface area contributed by atoms with Gasteiger partial charge in [-0.05, 0) is 5.57 Å². The maximum absolute atomic E-state index is 9.74. The summed E-state index contributed by atoms with van der Waals surface area (Å²) in [5.74, 6) is 0. The van der Waals surface area contributed by atoms with Gasteiger partial charge < -0.3 is 21.1 Å². The van der Waals surface area contributed by atoms with E-state index in [0.29, 0.717) is 0 Å². The third-order valence-electron chi connectivity index (χ3n) is 2.56. The molecular formula is C12H19NO3. The maximum Gasteiger partial charge on any atom is 0.0993 e. The molecule has 3 atom stereocenters. The molecule has 0 saturated carbocycles. The van der Waals surface area contributed by atoms with Crippen LogP contribution in [0.1, 0.15) is 0 Å². The minimum Gasteiger partial charge on any atom is -0.387 e. The zero-order valence-electron chi connectivity index (χ0n) is 9.21. The van der Waals surface area contributed by atoms with Crippen LogP contribution in [-0.2, 0) is 0 Å². The smallest absolute Gasteiger partial charge is 0.0993 e. The van der Waals surface area contributed by atoms with Gasteiger partial charge in [0.15, 0.2) is 0 Å². The van der Waals surface area contributed by atoms with Crippen molar-refractivity contribution in [2.75, 3.05) is 0 Å². The van der Waals surface area contributed by atoms with Crippen molar-refractivity contribution in [2.45, 2.75) is 23.9 Å². The molecule has 4 heteroatoms. The van der Waals surface area contributed by atoms with Crippen molar-refractivity contribution in [3.8, 4) is 0 Å². The Morgan fingerprint density at radius 1 is 1.00 bits per heavy atom. The molecule has 5 N–H and O–H groups in total. The van der Waals surface area contributed by atoms with Crippen molar-refractivity contribution in [1.82, 2.24) is 0 Å². The average molecular weight is 225 g/mol. The Morgan fingerprint density at radius 2 is 1.38 bits per heavy atom. The average Bonchev–Trinajstić information content (AvgIpc) is 2.33. The first-order valence-corrected chi connectivity index (χ1v) is 4.76. The first kappa shape index (κ1) is 14.8. The van der Waals surface area contributed by atoms with Crippen molar-refractivity contribution in [1.29, 1.82) is 0 Å². The van der Waals surface area contributed by atoms with Crippen LogP contribution in [-0.4, -0.2) is 39.2 Å². The minimum absolute atomic E-state index is 0.0438. The highest BCUT2D eigenvalue weighted by Crippen LogP contribution is 2.26. The van der Waals surface area contributed by atoms with Crippen LogP contribution >= 0.6 is 0 Å². The summed E-state index contributed by atoms with van der Waals surface area (Å²) in [4.78, 5) is 0. The van der Waals surface area contributed by atoms with Crippen LogP contribution in [0.15, 0.2) is 50.1 Å². The zero-order valence-corrected chi connectivity index (χ0v) is 9.21. The van der Waals surface area contributed by atoms with Gasteiger partial charge in [0.25, 0.3) is 0 Å². The van der Waals surface area contributed by atoms with Gasteiger partial charge in [0.2, 0.25) is 0 Å². The second-order valence-electron chi connectivity index (χ2n) is 3.50. The Morgan fingerprint density at radius 3 is 1.62 bits per heavy atom. The van der Waals surface area contributed by atoms with Gasteiger partial charge >= 0.3 is 0 Å². The number of aliphatic hydroxyl groups excluding tert-OH is 3. The van der Waals surface area contributed by atoms with E-state index in [1.54, 1.807) is 0 Å². The molecule has 4 nitrogen and oxygen atoms in total. The molecule has 0 aromatic heterocycles. The summed E-state index contributed by atoms with van der Waals surface area (Å²) >= 11 is 0. The zero-order chi connectivity index (χ0) is 12.9. The van der Waals surface area contributed by atoms with Crippen molar-refractivity contribution in [3.63, 3.8) is 0 Å². The second kappa shape index (κ2) is 5.77. The van der Waals surface area contributed by atoms with E-state index >= 15 is 0 Å². The van der Waals surface area contributed by atoms with Crippen LogP contribution in [0.2, 0.25) is 0 Å². The van der Waals surface area contributed by atoms with Gasteiger partial charge in [0, 0.05) is 0 Å². The summed E-state index contributed by atoms with van der Waals surface area (Å²) in [5, 5.41) is 29.0. The summed E-state index contributed by atoms with van der Waals surface area (Å²) in [6.45, 7) is 13.7. The van der Waals surface area contributed by atoms with Crippen LogP contribution in [0.25, 0.3) is 0 Å². The van der Waals surface area contributed by atoms with Crippen LogP contribution in [0.4, 0.5) is 0 Å². The van der Waals surface area contributed by atoms with Gasteiger partial charge in [-0.1, -0.05) is 24.8 Å². The van der Waals surface area contributed by atoms with Crippen LogP contribution in [0.3, 0.4) is 0 Å². The Kier molecular flexibility index (Phi) is 5.33. The van der Waals surface area contributed by atoms with E-state index in [1.165, 1.54) is 6.08 Å². The van der Waals surface area contributed by atoms with E-state index in [2.05, 4.69) is 26.3 Å². The first-order valence-electron chi connectivity index (χ1n) is 4.76. The molecule has 0 spiro atoms. The van der Waals surface area contributed by atoms with Gasteiger partial charge in [-0.2, -0.15) is 0 Å². The molecule has 3 unspecified atom stereocenters. The lowest BCUT2D eigenvalue weighted by atomic mass is 9.78. The molecule has 0 aliphatic heterocycles. The predicted molar refractivity (Wildman–Crippen MR) is 64.7 cm³/mol. The van der Waals surface area contributed by atoms with Gasteiger partial charge in [-0.3, -0.25) is 0 Å². The normalized spacial score (nSPS) is 20.0. The highest BCUT2D eigenvalue weighted by Gasteiger charge is 2.42. The van der Waals surface area contributed by atoms with Gasteiger partial charge in [0.05, 0.1) is 23.9 Å². The molecule has 0 amide bonds. The maximum atomic E-state index is 9.74. The fourth-order valence-electron chi connectivity index (χ4n) is 1.34. The molecule has 0 aliphatic rings. The van der Waals surface area contributed by atoms with E-state index in [9.17, 15) is 15.3 Å². The van der Waals surface area contributed by atoms with Gasteiger partial charge in [-0.15, -0.1) is 19.7 Å². The lowest BCUT2D eigenvalue weighted by molar-refractivity contribution is 0.0467. The highest BCUT2D eigenvalue weighted by molar-refractivity contribution is 5.32. The van der Waals surface area contributed by atoms with Crippen LogP contribution in [0.5, 0.6) is 0 Å². The van der Waals surface area contributed by atoms with E-state index in [0.717, 1.165) is 12.2 Å². The molecule has 90 valence electrons. The lowest BCUT2D eigenvalue weighted by Crippen LogP contribution is -2.61. The molecule has 0 radical (unpaired) electrons. The van der Waals surface area contributed by atoms with E-state index in [1.807, 2.05) is 0 Å². The summed E-state index contributed by atoms with van der Waals surface area (Å²) in [6.07, 6.45) is -0.129. The molecule has 16 heavy (non-hydrogen) atoms. The molecular weight excluding hydrogens is 206 g/mol. The van der Waals surface area contributed by atoms with Crippen LogP contribution in [0, 0.1) is 0 Å². The summed E-state index contributed by atoms with van der Waals surface area (Å²) < 4.78 is 0. The Labute approximate surface area is 95.7 Å². The van der Waals surface area contributed by atoms with E-state index in [-0.39, 0.29) is 5.57 Å². The fourth-order valence-corrected chi connectivity index (χ4v) is 1.34. The highest BCUT2D eigenvalue weighted by atomic mass is 16.3. The standard InChI is InChI=1S/C12H19NO3/c1-5-9(14)8(4)12(13,10(15)6-2)11(16)7-3/h5-7,9-11,14-16H,1-4,13H2. The first-order chi connectivity index (χ1) is 7.35. The predicted octanol–water partition coefficient (Wildman–Crippen LogP) is -0.119. The fraction of sp³-hybridized carbons (Fsp3) is 0.333. The molecule has 0 bridgehead atoms. The number of hydrogen-bond donors (Lipinski definition) is 4. The molecule has 0 rings (SSSR count). The van der Waals surface area contributed by atoms with E-state index < -0.39 is 23.9 Å². The second-order valence-corrected chi connectivity index (χ2v) is 3.50. The van der Waals surface area contributed by atoms with Crippen molar-refractivity contribution < 1.29 is 15.3 Å². The van der Waals surface area contributed by atoms with Crippen molar-refractivity contribution >= 4 is 0 Å². The van der Waals surface area contributed by atoms with Gasteiger partial charge in [0.1, 0.15) is 0 Å². The van der Waals surface area contributed by atoms with E-state index in [4.69, 9.17) is 5.73 Å². The number of hydrogen-bond acceptors (Lipinski definition) is 4. The molecule has 0 aromatic carbocycles. The molecule has 0 heterocycles. The molecule has 0 fully saturated rings. The molecule has 0 aliphatic carbocycles. The van der Waals surface area contributed by atoms with Crippen molar-refractivity contribution in [3.05, 3.63) is 50.1 Å². The Balaban J connectivity index is 5.38. The number of nitrogens with two attached hydrogens (primary N) is 1. The minimum atomic E-state index is -1.64.